The van der Waals surface area contributed by atoms with E-state index in [1.807, 2.05) is 12.1 Å². The standard InChI is InChI=1S/C20H22ClFO6/c1-27-14-5-2-11(3-6-14)8-12-9-13(4-7-15(12)21)20(26)19(25)18(24)17(23)16(10-22)28-20/h2-7,9,16-19,23-26H,8,10H2,1H3/t16-,17-,18+,19-,20+/m1/s1. The first-order valence-corrected chi connectivity index (χ1v) is 9.10. The summed E-state index contributed by atoms with van der Waals surface area (Å²) in [6, 6.07) is 11.8. The maximum atomic E-state index is 13.2. The normalized spacial score (nSPS) is 30.2. The molecule has 1 aliphatic heterocycles. The van der Waals surface area contributed by atoms with E-state index in [-0.39, 0.29) is 5.56 Å². The molecule has 0 spiro atoms. The Morgan fingerprint density at radius 3 is 2.39 bits per heavy atom. The number of methoxy groups -OCH3 is 1. The molecule has 28 heavy (non-hydrogen) atoms. The molecule has 0 aliphatic carbocycles. The van der Waals surface area contributed by atoms with Crippen LogP contribution in [-0.4, -0.2) is 58.6 Å². The predicted octanol–water partition coefficient (Wildman–Crippen LogP) is 1.54. The van der Waals surface area contributed by atoms with Gasteiger partial charge in [-0.05, 0) is 41.8 Å². The first-order chi connectivity index (χ1) is 13.3. The molecule has 1 heterocycles. The molecule has 0 amide bonds. The van der Waals surface area contributed by atoms with Crippen molar-refractivity contribution in [1.82, 2.24) is 0 Å². The quantitative estimate of drug-likeness (QED) is 0.594. The lowest BCUT2D eigenvalue weighted by Gasteiger charge is -2.45. The van der Waals surface area contributed by atoms with E-state index in [2.05, 4.69) is 0 Å². The number of rotatable bonds is 5. The first kappa shape index (κ1) is 21.0. The van der Waals surface area contributed by atoms with E-state index in [0.29, 0.717) is 22.8 Å². The average molecular weight is 413 g/mol. The fourth-order valence-corrected chi connectivity index (χ4v) is 3.45. The molecule has 5 atom stereocenters. The molecule has 1 aliphatic rings. The van der Waals surface area contributed by atoms with Gasteiger partial charge in [0.25, 0.3) is 0 Å². The van der Waals surface area contributed by atoms with Gasteiger partial charge in [-0.1, -0.05) is 29.8 Å². The summed E-state index contributed by atoms with van der Waals surface area (Å²) in [5.74, 6) is -1.68. The number of benzene rings is 2. The zero-order valence-electron chi connectivity index (χ0n) is 15.1. The monoisotopic (exact) mass is 412 g/mol. The number of hydrogen-bond acceptors (Lipinski definition) is 6. The molecule has 2 aromatic rings. The Kier molecular flexibility index (Phi) is 6.24. The molecular weight excluding hydrogens is 391 g/mol. The van der Waals surface area contributed by atoms with Gasteiger partial charge in [-0.3, -0.25) is 0 Å². The van der Waals surface area contributed by atoms with Crippen LogP contribution in [0.25, 0.3) is 0 Å². The minimum Gasteiger partial charge on any atom is -0.497 e. The molecule has 8 heteroatoms. The fourth-order valence-electron chi connectivity index (χ4n) is 3.27. The van der Waals surface area contributed by atoms with Gasteiger partial charge in [0.15, 0.2) is 0 Å². The Balaban J connectivity index is 1.92. The van der Waals surface area contributed by atoms with Crippen LogP contribution in [0.5, 0.6) is 5.75 Å². The lowest BCUT2D eigenvalue weighted by Crippen LogP contribution is -2.63. The van der Waals surface area contributed by atoms with Crippen molar-refractivity contribution in [3.05, 3.63) is 64.2 Å². The highest BCUT2D eigenvalue weighted by molar-refractivity contribution is 6.31. The largest absolute Gasteiger partial charge is 0.497 e. The third-order valence-electron chi connectivity index (χ3n) is 4.95. The van der Waals surface area contributed by atoms with Crippen LogP contribution < -0.4 is 4.74 Å². The van der Waals surface area contributed by atoms with Gasteiger partial charge in [0.1, 0.15) is 36.8 Å². The van der Waals surface area contributed by atoms with Crippen LogP contribution in [0.3, 0.4) is 0 Å². The third-order valence-corrected chi connectivity index (χ3v) is 5.32. The topological polar surface area (TPSA) is 99.4 Å². The van der Waals surface area contributed by atoms with E-state index in [1.165, 1.54) is 18.2 Å². The van der Waals surface area contributed by atoms with Crippen LogP contribution in [0.15, 0.2) is 42.5 Å². The van der Waals surface area contributed by atoms with E-state index in [9.17, 15) is 24.8 Å². The summed E-state index contributed by atoms with van der Waals surface area (Å²) in [4.78, 5) is 0. The van der Waals surface area contributed by atoms with Gasteiger partial charge >= 0.3 is 0 Å². The summed E-state index contributed by atoms with van der Waals surface area (Å²) in [5.41, 5.74) is 1.65. The van der Waals surface area contributed by atoms with Crippen molar-refractivity contribution in [2.45, 2.75) is 36.6 Å². The maximum absolute atomic E-state index is 13.2. The highest BCUT2D eigenvalue weighted by atomic mass is 35.5. The lowest BCUT2D eigenvalue weighted by atomic mass is 9.87. The number of aliphatic hydroxyl groups excluding tert-OH is 3. The number of aliphatic hydroxyl groups is 4. The number of halogens is 2. The Morgan fingerprint density at radius 1 is 1.11 bits per heavy atom. The van der Waals surface area contributed by atoms with E-state index >= 15 is 0 Å². The molecule has 6 nitrogen and oxygen atoms in total. The summed E-state index contributed by atoms with van der Waals surface area (Å²) in [6.07, 6.45) is -6.38. The number of ether oxygens (including phenoxy) is 2. The highest BCUT2D eigenvalue weighted by Gasteiger charge is 2.53. The molecule has 0 saturated carbocycles. The Hall–Kier alpha value is -1.74. The first-order valence-electron chi connectivity index (χ1n) is 8.72. The molecular formula is C20H22ClFO6. The average Bonchev–Trinajstić information content (AvgIpc) is 2.71. The minimum absolute atomic E-state index is 0.0947. The number of hydrogen-bond donors (Lipinski definition) is 4. The van der Waals surface area contributed by atoms with Crippen LogP contribution in [0.2, 0.25) is 5.02 Å². The second-order valence-electron chi connectivity index (χ2n) is 6.76. The summed E-state index contributed by atoms with van der Waals surface area (Å²) in [7, 11) is 1.57. The van der Waals surface area contributed by atoms with Gasteiger partial charge in [0, 0.05) is 10.6 Å². The van der Waals surface area contributed by atoms with Crippen molar-refractivity contribution in [3.8, 4) is 5.75 Å². The zero-order chi connectivity index (χ0) is 20.5. The molecule has 152 valence electrons. The van der Waals surface area contributed by atoms with Crippen molar-refractivity contribution >= 4 is 11.6 Å². The van der Waals surface area contributed by atoms with Crippen molar-refractivity contribution < 1.29 is 34.3 Å². The SMILES string of the molecule is COc1ccc(Cc2cc([C@]3(O)O[C@H](CF)[C@@H](O)[C@H](O)[C@H]3O)ccc2Cl)cc1. The van der Waals surface area contributed by atoms with Gasteiger partial charge in [-0.25, -0.2) is 4.39 Å². The van der Waals surface area contributed by atoms with E-state index in [1.54, 1.807) is 19.2 Å². The van der Waals surface area contributed by atoms with E-state index in [4.69, 9.17) is 21.1 Å². The zero-order valence-corrected chi connectivity index (χ0v) is 15.9. The molecule has 0 radical (unpaired) electrons. The fraction of sp³-hybridized carbons (Fsp3) is 0.400. The third kappa shape index (κ3) is 3.87. The summed E-state index contributed by atoms with van der Waals surface area (Å²) in [5, 5.41) is 41.4. The molecule has 1 fully saturated rings. The van der Waals surface area contributed by atoms with Gasteiger partial charge in [0.2, 0.25) is 5.79 Å². The van der Waals surface area contributed by atoms with Crippen molar-refractivity contribution in [2.75, 3.05) is 13.8 Å². The Labute approximate surface area is 166 Å². The van der Waals surface area contributed by atoms with Crippen LogP contribution in [-0.2, 0) is 16.9 Å². The second-order valence-corrected chi connectivity index (χ2v) is 7.17. The van der Waals surface area contributed by atoms with Gasteiger partial charge in [0.05, 0.1) is 7.11 Å². The molecule has 0 aromatic heterocycles. The summed E-state index contributed by atoms with van der Waals surface area (Å²) in [6.45, 7) is -1.14. The molecule has 1 saturated heterocycles. The highest BCUT2D eigenvalue weighted by Crippen LogP contribution is 2.38. The predicted molar refractivity (Wildman–Crippen MR) is 100 cm³/mol. The second kappa shape index (κ2) is 8.32. The Bertz CT molecular complexity index is 815. The van der Waals surface area contributed by atoms with Crippen LogP contribution in [0.4, 0.5) is 4.39 Å². The summed E-state index contributed by atoms with van der Waals surface area (Å²) < 4.78 is 23.5. The summed E-state index contributed by atoms with van der Waals surface area (Å²) >= 11 is 6.27. The molecule has 4 N–H and O–H groups in total. The molecule has 0 bridgehead atoms. The van der Waals surface area contributed by atoms with Gasteiger partial charge in [-0.15, -0.1) is 0 Å². The van der Waals surface area contributed by atoms with E-state index in [0.717, 1.165) is 5.56 Å². The van der Waals surface area contributed by atoms with Crippen molar-refractivity contribution in [1.29, 1.82) is 0 Å². The van der Waals surface area contributed by atoms with Crippen LogP contribution in [0, 0.1) is 0 Å². The van der Waals surface area contributed by atoms with Gasteiger partial charge in [-0.2, -0.15) is 0 Å². The van der Waals surface area contributed by atoms with Crippen LogP contribution in [0.1, 0.15) is 16.7 Å². The molecule has 2 aromatic carbocycles. The van der Waals surface area contributed by atoms with Gasteiger partial charge < -0.3 is 29.9 Å². The Morgan fingerprint density at radius 2 is 1.79 bits per heavy atom. The van der Waals surface area contributed by atoms with E-state index < -0.39 is 36.9 Å². The molecule has 3 rings (SSSR count). The van der Waals surface area contributed by atoms with Crippen molar-refractivity contribution in [3.63, 3.8) is 0 Å². The minimum atomic E-state index is -2.39. The maximum Gasteiger partial charge on any atom is 0.222 e. The lowest BCUT2D eigenvalue weighted by molar-refractivity contribution is -0.355. The van der Waals surface area contributed by atoms with Crippen molar-refractivity contribution in [2.24, 2.45) is 0 Å². The molecule has 0 unspecified atom stereocenters. The number of alkyl halides is 1. The smallest absolute Gasteiger partial charge is 0.222 e. The van der Waals surface area contributed by atoms with Crippen LogP contribution >= 0.6 is 11.6 Å².